The molecule has 0 spiro atoms. The topological polar surface area (TPSA) is 192 Å². The second-order valence-corrected chi connectivity index (χ2v) is 16.0. The molecule has 1 rings (SSSR count). The Kier molecular flexibility index (Phi) is 30.1. The lowest BCUT2D eigenvalue weighted by Crippen LogP contribution is -2.61. The van der Waals surface area contributed by atoms with Crippen LogP contribution in [0, 0.1) is 0 Å². The highest BCUT2D eigenvalue weighted by molar-refractivity contribution is 7.80. The molecule has 0 unspecified atom stereocenters. The fourth-order valence-corrected chi connectivity index (χ4v) is 7.26. The highest BCUT2D eigenvalue weighted by Crippen LogP contribution is 2.26. The Morgan fingerprint density at radius 3 is 1.64 bits per heavy atom. The minimum Gasteiger partial charge on any atom is -0.394 e. The molecule has 1 aliphatic heterocycles. The van der Waals surface area contributed by atoms with Gasteiger partial charge in [0, 0.05) is 6.42 Å². The third-order valence-electron chi connectivity index (χ3n) is 10.1. The lowest BCUT2D eigenvalue weighted by atomic mass is 9.99. The lowest BCUT2D eigenvalue weighted by molar-refractivity contribution is -0.298. The molecule has 1 aliphatic rings. The van der Waals surface area contributed by atoms with Crippen LogP contribution in [0.15, 0.2) is 12.2 Å². The Labute approximate surface area is 321 Å². The molecule has 0 aromatic carbocycles. The van der Waals surface area contributed by atoms with Gasteiger partial charge in [0.05, 0.1) is 25.4 Å². The summed E-state index contributed by atoms with van der Waals surface area (Å²) in [5, 5.41) is 44.5. The normalized spacial score (nSPS) is 22.0. The van der Waals surface area contributed by atoms with E-state index >= 15 is 0 Å². The molecular weight excluding hydrogens is 703 g/mol. The fraction of sp³-hybridized carbons (Fsp3) is 0.925. The standard InChI is InChI=1S/C40H77NO11S/c1-3-5-7-9-11-13-15-17-19-21-23-25-27-29-34(43)33(32-50-40-38(46)39(52-53(47,48)49)37(45)35(31-42)51-40)41-36(44)30-28-26-24-22-20-18-16-14-12-10-8-6-4-2/h27,29,33-35,37-40,42-43,45-46H,3-26,28,30-32H2,1-2H3,(H,41,44)(H,47,48,49)/b29-27+/t33-,34+,35+,37-,38+,39-,40+/m0/s1. The fourth-order valence-electron chi connectivity index (χ4n) is 6.75. The minimum atomic E-state index is -5.08. The number of ether oxygens (including phenoxy) is 2. The Balaban J connectivity index is 2.59. The zero-order valence-electron chi connectivity index (χ0n) is 33.1. The maximum Gasteiger partial charge on any atom is 0.397 e. The van der Waals surface area contributed by atoms with Gasteiger partial charge in [0.25, 0.3) is 0 Å². The first-order valence-corrected chi connectivity index (χ1v) is 22.4. The van der Waals surface area contributed by atoms with Crippen LogP contribution in [0.4, 0.5) is 0 Å². The summed E-state index contributed by atoms with van der Waals surface area (Å²) >= 11 is 0. The molecule has 1 saturated heterocycles. The van der Waals surface area contributed by atoms with E-state index in [2.05, 4.69) is 23.3 Å². The van der Waals surface area contributed by atoms with Crippen molar-refractivity contribution in [2.75, 3.05) is 13.2 Å². The molecule has 1 fully saturated rings. The SMILES string of the molecule is CCCCCCCCCCCCC/C=C/[C@@H](O)[C@H](CO[C@@H]1O[C@H](CO)[C@H](O)[C@H](OS(=O)(=O)O)[C@H]1O)NC(=O)CCCCCCCCCCCCCCC. The number of carbonyl (C=O) groups is 1. The first-order chi connectivity index (χ1) is 25.5. The molecule has 12 nitrogen and oxygen atoms in total. The molecule has 53 heavy (non-hydrogen) atoms. The van der Waals surface area contributed by atoms with Crippen molar-refractivity contribution in [1.82, 2.24) is 5.32 Å². The summed E-state index contributed by atoms with van der Waals surface area (Å²) in [6, 6.07) is -0.936. The van der Waals surface area contributed by atoms with Gasteiger partial charge in [-0.15, -0.1) is 0 Å². The molecule has 0 aromatic heterocycles. The summed E-state index contributed by atoms with van der Waals surface area (Å²) in [4.78, 5) is 13.0. The van der Waals surface area contributed by atoms with Gasteiger partial charge in [-0.3, -0.25) is 9.35 Å². The number of hydrogen-bond acceptors (Lipinski definition) is 10. The number of amides is 1. The van der Waals surface area contributed by atoms with Crippen LogP contribution in [0.3, 0.4) is 0 Å². The van der Waals surface area contributed by atoms with Gasteiger partial charge in [-0.25, -0.2) is 4.18 Å². The Bertz CT molecular complexity index is 1010. The van der Waals surface area contributed by atoms with Crippen LogP contribution in [-0.4, -0.2) is 95.4 Å². The van der Waals surface area contributed by atoms with Gasteiger partial charge in [0.15, 0.2) is 6.29 Å². The van der Waals surface area contributed by atoms with Gasteiger partial charge < -0.3 is 35.2 Å². The summed E-state index contributed by atoms with van der Waals surface area (Å²) < 4.78 is 47.4. The molecular formula is C40H77NO11S. The lowest BCUT2D eigenvalue weighted by Gasteiger charge is -2.41. The van der Waals surface area contributed by atoms with E-state index in [4.69, 9.17) is 14.0 Å². The Morgan fingerprint density at radius 2 is 1.19 bits per heavy atom. The summed E-state index contributed by atoms with van der Waals surface area (Å²) in [6.07, 6.45) is 23.9. The highest BCUT2D eigenvalue weighted by Gasteiger charge is 2.48. The number of hydrogen-bond donors (Lipinski definition) is 6. The predicted molar refractivity (Wildman–Crippen MR) is 209 cm³/mol. The number of unbranched alkanes of at least 4 members (excludes halogenated alkanes) is 23. The van der Waals surface area contributed by atoms with Crippen molar-refractivity contribution in [2.24, 2.45) is 0 Å². The number of allylic oxidation sites excluding steroid dienone is 1. The molecule has 0 radical (unpaired) electrons. The van der Waals surface area contributed by atoms with E-state index < -0.39 is 59.9 Å². The minimum absolute atomic E-state index is 0.263. The van der Waals surface area contributed by atoms with E-state index in [1.807, 2.05) is 6.08 Å². The third-order valence-corrected chi connectivity index (χ3v) is 10.5. The summed E-state index contributed by atoms with van der Waals surface area (Å²) in [5.41, 5.74) is 0. The van der Waals surface area contributed by atoms with Gasteiger partial charge >= 0.3 is 10.4 Å². The van der Waals surface area contributed by atoms with E-state index in [9.17, 15) is 33.6 Å². The first kappa shape index (κ1) is 49.9. The molecule has 1 amide bonds. The highest BCUT2D eigenvalue weighted by atomic mass is 32.3. The van der Waals surface area contributed by atoms with Gasteiger partial charge in [0.2, 0.25) is 5.91 Å². The van der Waals surface area contributed by atoms with Crippen molar-refractivity contribution >= 4 is 16.3 Å². The van der Waals surface area contributed by atoms with Gasteiger partial charge in [-0.2, -0.15) is 8.42 Å². The van der Waals surface area contributed by atoms with Crippen molar-refractivity contribution in [3.63, 3.8) is 0 Å². The molecule has 0 saturated carbocycles. The average molecular weight is 780 g/mol. The van der Waals surface area contributed by atoms with Crippen molar-refractivity contribution < 1.29 is 51.8 Å². The molecule has 0 bridgehead atoms. The van der Waals surface area contributed by atoms with Gasteiger partial charge in [0.1, 0.15) is 24.4 Å². The van der Waals surface area contributed by atoms with Crippen molar-refractivity contribution in [1.29, 1.82) is 0 Å². The predicted octanol–water partition coefficient (Wildman–Crippen LogP) is 7.21. The van der Waals surface area contributed by atoms with Crippen LogP contribution >= 0.6 is 0 Å². The number of aliphatic hydroxyl groups excluding tert-OH is 4. The van der Waals surface area contributed by atoms with Crippen LogP contribution in [0.2, 0.25) is 0 Å². The van der Waals surface area contributed by atoms with Gasteiger partial charge in [-0.05, 0) is 19.3 Å². The van der Waals surface area contributed by atoms with Crippen LogP contribution in [-0.2, 0) is 28.9 Å². The van der Waals surface area contributed by atoms with E-state index in [1.54, 1.807) is 6.08 Å². The maximum atomic E-state index is 13.0. The molecule has 0 aromatic rings. The number of aliphatic hydroxyl groups is 4. The van der Waals surface area contributed by atoms with Crippen LogP contribution < -0.4 is 5.32 Å². The second kappa shape index (κ2) is 32.0. The molecule has 1 heterocycles. The first-order valence-electron chi connectivity index (χ1n) is 21.1. The molecule has 13 heteroatoms. The van der Waals surface area contributed by atoms with E-state index in [0.717, 1.165) is 38.5 Å². The summed E-state index contributed by atoms with van der Waals surface area (Å²) in [6.45, 7) is 3.36. The largest absolute Gasteiger partial charge is 0.397 e. The molecule has 0 aliphatic carbocycles. The van der Waals surface area contributed by atoms with Crippen molar-refractivity contribution in [3.05, 3.63) is 12.2 Å². The van der Waals surface area contributed by atoms with E-state index in [1.165, 1.54) is 116 Å². The zero-order valence-corrected chi connectivity index (χ0v) is 33.9. The second-order valence-electron chi connectivity index (χ2n) is 14.9. The molecule has 314 valence electrons. The van der Waals surface area contributed by atoms with Gasteiger partial charge in [-0.1, -0.05) is 167 Å². The molecule has 6 N–H and O–H groups in total. The summed E-state index contributed by atoms with van der Waals surface area (Å²) in [5.74, 6) is -0.263. The maximum absolute atomic E-state index is 13.0. The van der Waals surface area contributed by atoms with E-state index in [0.29, 0.717) is 6.42 Å². The smallest absolute Gasteiger partial charge is 0.394 e. The van der Waals surface area contributed by atoms with E-state index in [-0.39, 0.29) is 18.9 Å². The average Bonchev–Trinajstić information content (AvgIpc) is 3.12. The van der Waals surface area contributed by atoms with Crippen LogP contribution in [0.1, 0.15) is 181 Å². The summed E-state index contributed by atoms with van der Waals surface area (Å²) in [7, 11) is -5.08. The number of rotatable bonds is 35. The molecule has 7 atom stereocenters. The van der Waals surface area contributed by atoms with Crippen LogP contribution in [0.25, 0.3) is 0 Å². The monoisotopic (exact) mass is 780 g/mol. The van der Waals surface area contributed by atoms with Crippen molar-refractivity contribution in [3.8, 4) is 0 Å². The Hall–Kier alpha value is -1.16. The Morgan fingerprint density at radius 1 is 0.736 bits per heavy atom. The third kappa shape index (κ3) is 25.6. The zero-order chi connectivity index (χ0) is 39.2. The number of carbonyl (C=O) groups excluding carboxylic acids is 1. The number of nitrogens with one attached hydrogen (secondary N) is 1. The van der Waals surface area contributed by atoms with Crippen molar-refractivity contribution in [2.45, 2.75) is 224 Å². The van der Waals surface area contributed by atoms with Crippen LogP contribution in [0.5, 0.6) is 0 Å². The quantitative estimate of drug-likeness (QED) is 0.0216.